The maximum absolute atomic E-state index is 14.5. The normalized spacial score (nSPS) is 16.9. The fourth-order valence-corrected chi connectivity index (χ4v) is 7.11. The SMILES string of the molecule is Cc1cc(/C=C/C(F)(F)C(F)(F)C(F)(F)C(F)(F)C(F)(F)C(F)(F)F)cc(C)c1N1CCN(c2c(C)cc(/C=C/C(F)(F)C(F)(F)C(F)(F)C(F)(F)C(F)(F)C(F)(F)F)cc2C)C1C(C)C. The molecule has 1 fully saturated rings. The molecule has 0 aliphatic carbocycles. The van der Waals surface area contributed by atoms with Crippen LogP contribution in [0.3, 0.4) is 0 Å². The van der Waals surface area contributed by atoms with Gasteiger partial charge in [0.15, 0.2) is 0 Å². The largest absolute Gasteiger partial charge is 0.460 e. The molecule has 0 spiro atoms. The Morgan fingerprint density at radius 1 is 0.394 bits per heavy atom. The van der Waals surface area contributed by atoms with Crippen LogP contribution in [0.5, 0.6) is 0 Å². The highest BCUT2D eigenvalue weighted by Crippen LogP contribution is 2.62. The number of nitrogens with zero attached hydrogens (tertiary/aromatic N) is 2. The zero-order valence-electron chi connectivity index (χ0n) is 33.9. The third kappa shape index (κ3) is 8.60. The van der Waals surface area contributed by atoms with Gasteiger partial charge >= 0.3 is 71.6 Å². The van der Waals surface area contributed by atoms with Gasteiger partial charge in [0.1, 0.15) is 6.17 Å². The summed E-state index contributed by atoms with van der Waals surface area (Å²) in [6.45, 7) is 8.63. The fraction of sp³-hybridized carbons (Fsp3) is 0.579. The maximum Gasteiger partial charge on any atom is 0.460 e. The molecule has 2 nitrogen and oxygen atoms in total. The predicted octanol–water partition coefficient (Wildman–Crippen LogP) is 14.7. The van der Waals surface area contributed by atoms with Crippen LogP contribution in [0, 0.1) is 33.6 Å². The van der Waals surface area contributed by atoms with E-state index in [2.05, 4.69) is 0 Å². The molecule has 0 atom stereocenters. The van der Waals surface area contributed by atoms with E-state index < -0.39 is 107 Å². The van der Waals surface area contributed by atoms with E-state index in [0.29, 0.717) is 0 Å². The summed E-state index contributed by atoms with van der Waals surface area (Å²) in [4.78, 5) is 3.34. The molecule has 0 unspecified atom stereocenters. The second kappa shape index (κ2) is 16.7. The highest BCUT2D eigenvalue weighted by Gasteiger charge is 2.92. The monoisotopic (exact) mass is 1010 g/mol. The molecule has 1 saturated heterocycles. The van der Waals surface area contributed by atoms with Crippen molar-refractivity contribution >= 4 is 23.5 Å². The van der Waals surface area contributed by atoms with Gasteiger partial charge in [0.05, 0.1) is 0 Å². The number of rotatable bonds is 15. The third-order valence-corrected chi connectivity index (χ3v) is 10.3. The molecule has 1 aliphatic rings. The van der Waals surface area contributed by atoms with Crippen LogP contribution in [0.1, 0.15) is 47.2 Å². The Morgan fingerprint density at radius 3 is 0.833 bits per heavy atom. The minimum atomic E-state index is -8.09. The van der Waals surface area contributed by atoms with Crippen LogP contribution in [-0.4, -0.2) is 90.8 Å². The van der Waals surface area contributed by atoms with Gasteiger partial charge in [-0.05, 0) is 103 Å². The van der Waals surface area contributed by atoms with Crippen LogP contribution in [-0.2, 0) is 0 Å². The standard InChI is InChI=1S/C38H32F26N2/c1-17(2)26-65(24-18(3)13-22(14-19(24)4)7-9-27(39,40)29(43,44)31(47,48)33(51,52)35(55,56)37(59,60)61)11-12-66(26)25-20(5)15-23(16-21(25)6)8-10-28(41,42)30(45,46)32(49,50)34(53,54)36(57,58)38(62,63)64/h7-10,13-17,26H,11-12H2,1-6H3/b9-7+,10-8+. The minimum Gasteiger partial charge on any atom is -0.349 e. The number of aryl methyl sites for hydroxylation is 4. The molecule has 0 aromatic heterocycles. The summed E-state index contributed by atoms with van der Waals surface area (Å²) in [5.41, 5.74) is -0.0854. The molecule has 1 heterocycles. The third-order valence-electron chi connectivity index (χ3n) is 10.3. The first-order valence-corrected chi connectivity index (χ1v) is 18.1. The van der Waals surface area contributed by atoms with E-state index in [4.69, 9.17) is 0 Å². The van der Waals surface area contributed by atoms with Gasteiger partial charge in [-0.15, -0.1) is 0 Å². The lowest BCUT2D eigenvalue weighted by Crippen LogP contribution is -2.69. The van der Waals surface area contributed by atoms with E-state index >= 15 is 0 Å². The summed E-state index contributed by atoms with van der Waals surface area (Å²) in [6.07, 6.45) is -18.2. The Morgan fingerprint density at radius 2 is 0.621 bits per heavy atom. The van der Waals surface area contributed by atoms with Crippen molar-refractivity contribution in [3.8, 4) is 0 Å². The lowest BCUT2D eigenvalue weighted by atomic mass is 9.93. The number of allylic oxidation sites excluding steroid dienone is 2. The van der Waals surface area contributed by atoms with Gasteiger partial charge in [-0.3, -0.25) is 0 Å². The number of alkyl halides is 26. The summed E-state index contributed by atoms with van der Waals surface area (Å²) < 4.78 is 353. The van der Waals surface area contributed by atoms with Crippen LogP contribution < -0.4 is 9.80 Å². The van der Waals surface area contributed by atoms with Crippen molar-refractivity contribution < 1.29 is 114 Å². The van der Waals surface area contributed by atoms with Gasteiger partial charge < -0.3 is 9.80 Å². The van der Waals surface area contributed by atoms with Crippen LogP contribution in [0.15, 0.2) is 36.4 Å². The van der Waals surface area contributed by atoms with E-state index in [9.17, 15) is 114 Å². The molecule has 0 saturated carbocycles. The second-order valence-corrected chi connectivity index (χ2v) is 15.6. The van der Waals surface area contributed by atoms with Gasteiger partial charge in [0.25, 0.3) is 0 Å². The first kappa shape index (κ1) is 56.0. The molecule has 0 bridgehead atoms. The van der Waals surface area contributed by atoms with Crippen molar-refractivity contribution in [1.82, 2.24) is 0 Å². The summed E-state index contributed by atoms with van der Waals surface area (Å²) in [7, 11) is 0. The molecule has 2 aromatic rings. The van der Waals surface area contributed by atoms with E-state index in [1.165, 1.54) is 27.7 Å². The lowest BCUT2D eigenvalue weighted by molar-refractivity contribution is -0.436. The van der Waals surface area contributed by atoms with Crippen LogP contribution in [0.25, 0.3) is 12.2 Å². The van der Waals surface area contributed by atoms with E-state index in [0.717, 1.165) is 24.3 Å². The molecule has 28 heteroatoms. The lowest BCUT2D eigenvalue weighted by Gasteiger charge is -2.39. The average Bonchev–Trinajstić information content (AvgIpc) is 3.55. The number of halogens is 26. The molecule has 1 aliphatic heterocycles. The van der Waals surface area contributed by atoms with Crippen LogP contribution in [0.2, 0.25) is 0 Å². The Hall–Kier alpha value is -4.30. The predicted molar refractivity (Wildman–Crippen MR) is 185 cm³/mol. The zero-order chi connectivity index (χ0) is 52.0. The minimum absolute atomic E-state index is 0.0308. The second-order valence-electron chi connectivity index (χ2n) is 15.6. The average molecular weight is 1010 g/mol. The van der Waals surface area contributed by atoms with Crippen LogP contribution >= 0.6 is 0 Å². The first-order chi connectivity index (χ1) is 29.1. The topological polar surface area (TPSA) is 6.48 Å². The summed E-state index contributed by atoms with van der Waals surface area (Å²) in [5.74, 6) is -76.6. The van der Waals surface area contributed by atoms with Crippen molar-refractivity contribution in [3.05, 3.63) is 69.8 Å². The molecular weight excluding hydrogens is 978 g/mol. The number of benzene rings is 2. The first-order valence-electron chi connectivity index (χ1n) is 18.1. The Kier molecular flexibility index (Phi) is 14.2. The van der Waals surface area contributed by atoms with E-state index in [-0.39, 0.29) is 58.9 Å². The smallest absolute Gasteiger partial charge is 0.349 e. The molecule has 66 heavy (non-hydrogen) atoms. The van der Waals surface area contributed by atoms with Crippen molar-refractivity contribution in [2.75, 3.05) is 22.9 Å². The summed E-state index contributed by atoms with van der Waals surface area (Å²) in [6, 6.07) is 3.86. The zero-order valence-corrected chi connectivity index (χ0v) is 33.9. The van der Waals surface area contributed by atoms with Gasteiger partial charge in [0, 0.05) is 24.5 Å². The molecule has 3 rings (SSSR count). The number of hydrogen-bond donors (Lipinski definition) is 0. The van der Waals surface area contributed by atoms with Gasteiger partial charge in [-0.2, -0.15) is 114 Å². The van der Waals surface area contributed by atoms with Crippen molar-refractivity contribution in [2.45, 2.75) is 119 Å². The Balaban J connectivity index is 1.99. The fourth-order valence-electron chi connectivity index (χ4n) is 7.11. The van der Waals surface area contributed by atoms with Gasteiger partial charge in [-0.25, -0.2) is 0 Å². The molecule has 0 N–H and O–H groups in total. The quantitative estimate of drug-likeness (QED) is 0.164. The number of anilines is 2. The highest BCUT2D eigenvalue weighted by molar-refractivity contribution is 5.71. The van der Waals surface area contributed by atoms with Gasteiger partial charge in [-0.1, -0.05) is 26.0 Å². The Labute approximate surface area is 355 Å². The maximum atomic E-state index is 14.5. The summed E-state index contributed by atoms with van der Waals surface area (Å²) in [5, 5.41) is 0. The highest BCUT2D eigenvalue weighted by atomic mass is 19.4. The molecule has 0 amide bonds. The molecule has 0 radical (unpaired) electrons. The van der Waals surface area contributed by atoms with E-state index in [1.807, 2.05) is 0 Å². The molecule has 2 aromatic carbocycles. The number of hydrogen-bond acceptors (Lipinski definition) is 2. The van der Waals surface area contributed by atoms with Crippen molar-refractivity contribution in [1.29, 1.82) is 0 Å². The Bertz CT molecular complexity index is 1970. The van der Waals surface area contributed by atoms with Gasteiger partial charge in [0.2, 0.25) is 0 Å². The van der Waals surface area contributed by atoms with E-state index in [1.54, 1.807) is 23.6 Å². The van der Waals surface area contributed by atoms with Crippen LogP contribution in [0.4, 0.5) is 126 Å². The van der Waals surface area contributed by atoms with Crippen molar-refractivity contribution in [2.24, 2.45) is 5.92 Å². The molecule has 376 valence electrons. The van der Waals surface area contributed by atoms with Crippen molar-refractivity contribution in [3.63, 3.8) is 0 Å². The molecular formula is C38H32F26N2. The summed E-state index contributed by atoms with van der Waals surface area (Å²) >= 11 is 0.